The third-order valence-electron chi connectivity index (χ3n) is 7.81. The lowest BCUT2D eigenvalue weighted by molar-refractivity contribution is -0.145. The third-order valence-corrected chi connectivity index (χ3v) is 7.81. The molecule has 3 aromatic rings. The number of nitrogens with zero attached hydrogens (tertiary/aromatic N) is 4. The minimum Gasteiger partial charge on any atom is -0.507 e. The minimum atomic E-state index is -0.610. The van der Waals surface area contributed by atoms with Crippen LogP contribution in [0.4, 0.5) is 11.4 Å². The van der Waals surface area contributed by atoms with E-state index in [1.165, 1.54) is 12.1 Å². The second kappa shape index (κ2) is 12.7. The molecule has 3 N–H and O–H groups in total. The lowest BCUT2D eigenvalue weighted by Crippen LogP contribution is -2.26. The zero-order valence-corrected chi connectivity index (χ0v) is 26.4. The Balaban J connectivity index is 1.52. The average molecular weight is 616 g/mol. The largest absolute Gasteiger partial charge is 0.507 e. The van der Waals surface area contributed by atoms with E-state index in [-0.39, 0.29) is 23.9 Å². The Morgan fingerprint density at radius 1 is 0.956 bits per heavy atom. The number of benzene rings is 3. The number of carbonyl (C=O) groups is 1. The van der Waals surface area contributed by atoms with Crippen molar-refractivity contribution in [3.8, 4) is 45.7 Å². The summed E-state index contributed by atoms with van der Waals surface area (Å²) in [5, 5.41) is 32.9. The first-order valence-electron chi connectivity index (χ1n) is 14.7. The molecule has 236 valence electrons. The van der Waals surface area contributed by atoms with Crippen molar-refractivity contribution < 1.29 is 34.1 Å². The summed E-state index contributed by atoms with van der Waals surface area (Å²) in [5.41, 5.74) is 4.62. The maximum Gasteiger partial charge on any atom is 0.333 e. The fourth-order valence-corrected chi connectivity index (χ4v) is 5.39. The van der Waals surface area contributed by atoms with Gasteiger partial charge in [0, 0.05) is 91.7 Å². The monoisotopic (exact) mass is 615 g/mol. The molecule has 5 rings (SSSR count). The number of anilines is 2. The fourth-order valence-electron chi connectivity index (χ4n) is 5.39. The average Bonchev–Trinajstić information content (AvgIpc) is 3.33. The van der Waals surface area contributed by atoms with E-state index in [0.717, 1.165) is 27.6 Å². The number of hydrogen-bond donors (Lipinski definition) is 3. The Bertz CT molecular complexity index is 1880. The van der Waals surface area contributed by atoms with E-state index in [4.69, 9.17) is 14.0 Å². The van der Waals surface area contributed by atoms with Crippen LogP contribution >= 0.6 is 0 Å². The molecule has 11 nitrogen and oxygen atoms in total. The molecule has 2 aromatic carbocycles. The van der Waals surface area contributed by atoms with E-state index in [2.05, 4.69) is 0 Å². The lowest BCUT2D eigenvalue weighted by atomic mass is 9.92. The molecule has 0 spiro atoms. The summed E-state index contributed by atoms with van der Waals surface area (Å²) < 4.78 is 15.0. The molecule has 0 fully saturated rings. The van der Waals surface area contributed by atoms with Crippen LogP contribution in [0.15, 0.2) is 65.1 Å². The first-order chi connectivity index (χ1) is 21.5. The van der Waals surface area contributed by atoms with E-state index in [1.807, 2.05) is 92.0 Å². The van der Waals surface area contributed by atoms with Gasteiger partial charge in [-0.05, 0) is 37.6 Å². The number of phenols is 1. The highest BCUT2D eigenvalue weighted by Crippen LogP contribution is 2.47. The Kier molecular flexibility index (Phi) is 8.80. The Morgan fingerprint density at radius 3 is 2.33 bits per heavy atom. The summed E-state index contributed by atoms with van der Waals surface area (Å²) in [4.78, 5) is 21.4. The van der Waals surface area contributed by atoms with Crippen LogP contribution in [0.5, 0.6) is 23.3 Å². The fraction of sp³-hybridized carbons (Fsp3) is 0.294. The van der Waals surface area contributed by atoms with Gasteiger partial charge >= 0.3 is 5.97 Å². The van der Waals surface area contributed by atoms with Crippen LogP contribution in [0.3, 0.4) is 0 Å². The second-order valence-electron chi connectivity index (χ2n) is 11.2. The number of rotatable bonds is 10. The normalized spacial score (nSPS) is 11.2. The summed E-state index contributed by atoms with van der Waals surface area (Å²) in [7, 11) is 9.49. The number of aromatic hydroxyl groups is 3. The molecule has 45 heavy (non-hydrogen) atoms. The van der Waals surface area contributed by atoms with Crippen LogP contribution < -0.4 is 29.3 Å². The van der Waals surface area contributed by atoms with Crippen molar-refractivity contribution in [3.05, 3.63) is 66.0 Å². The molecular weight excluding hydrogens is 576 g/mol. The van der Waals surface area contributed by atoms with E-state index < -0.39 is 5.97 Å². The summed E-state index contributed by atoms with van der Waals surface area (Å²) in [5.74, 6) is -0.0389. The second-order valence-corrected chi connectivity index (χ2v) is 11.2. The predicted octanol–water partition coefficient (Wildman–Crippen LogP) is 4.49. The van der Waals surface area contributed by atoms with Crippen LogP contribution in [-0.4, -0.2) is 74.4 Å². The van der Waals surface area contributed by atoms with Crippen molar-refractivity contribution in [2.75, 3.05) is 58.2 Å². The van der Waals surface area contributed by atoms with Crippen molar-refractivity contribution in [1.29, 1.82) is 0 Å². The molecule has 0 unspecified atom stereocenters. The zero-order chi connectivity index (χ0) is 32.4. The molecule has 0 atom stereocenters. The summed E-state index contributed by atoms with van der Waals surface area (Å²) in [6.07, 6.45) is 0.453. The summed E-state index contributed by atoms with van der Waals surface area (Å²) in [6, 6.07) is 18.0. The smallest absolute Gasteiger partial charge is 0.333 e. The lowest BCUT2D eigenvalue weighted by Gasteiger charge is -2.26. The summed E-state index contributed by atoms with van der Waals surface area (Å²) >= 11 is 0. The number of hydrogen-bond acceptors (Lipinski definition) is 9. The topological polar surface area (TPSA) is 124 Å². The molecule has 0 saturated heterocycles. The van der Waals surface area contributed by atoms with Crippen molar-refractivity contribution in [1.82, 2.24) is 9.31 Å². The van der Waals surface area contributed by atoms with Gasteiger partial charge in [-0.15, -0.1) is 4.73 Å². The third kappa shape index (κ3) is 6.19. The highest BCUT2D eigenvalue weighted by Gasteiger charge is 2.24. The molecule has 2 heterocycles. The Hall–Kier alpha value is -5.32. The van der Waals surface area contributed by atoms with E-state index in [1.54, 1.807) is 13.2 Å². The van der Waals surface area contributed by atoms with Gasteiger partial charge in [0.25, 0.3) is 0 Å². The van der Waals surface area contributed by atoms with Crippen LogP contribution in [0.1, 0.15) is 19.8 Å². The maximum atomic E-state index is 12.4. The Morgan fingerprint density at radius 2 is 1.69 bits per heavy atom. The molecule has 0 radical (unpaired) electrons. The number of methoxy groups -OCH3 is 1. The minimum absolute atomic E-state index is 0.0370. The maximum absolute atomic E-state index is 12.4. The highest BCUT2D eigenvalue weighted by atomic mass is 16.7. The Labute approximate surface area is 261 Å². The quantitative estimate of drug-likeness (QED) is 0.154. The SMILES string of the molecule is CCN(CCCC(=O)On1c(O)ccc1O)c1cc(O)c(-c2c3ccc(=[N+](C)C)cc-3oc3cc(N(C)C)ccc23)cc1OC. The van der Waals surface area contributed by atoms with Gasteiger partial charge < -0.3 is 39.1 Å². The first kappa shape index (κ1) is 31.1. The van der Waals surface area contributed by atoms with Crippen molar-refractivity contribution in [2.45, 2.75) is 19.8 Å². The van der Waals surface area contributed by atoms with Crippen molar-refractivity contribution >= 4 is 28.3 Å². The molecule has 1 aliphatic carbocycles. The van der Waals surface area contributed by atoms with E-state index in [0.29, 0.717) is 52.6 Å². The highest BCUT2D eigenvalue weighted by molar-refractivity contribution is 6.04. The van der Waals surface area contributed by atoms with Crippen LogP contribution in [0.25, 0.3) is 33.4 Å². The van der Waals surface area contributed by atoms with Gasteiger partial charge in [0.05, 0.1) is 18.9 Å². The summed E-state index contributed by atoms with van der Waals surface area (Å²) in [6.45, 7) is 3.02. The number of ether oxygens (including phenoxy) is 1. The van der Waals surface area contributed by atoms with Gasteiger partial charge in [-0.1, -0.05) is 0 Å². The molecule has 0 amide bonds. The molecular formula is C34H39N4O7+. The van der Waals surface area contributed by atoms with Gasteiger partial charge in [0.15, 0.2) is 0 Å². The van der Waals surface area contributed by atoms with Crippen molar-refractivity contribution in [3.63, 3.8) is 0 Å². The number of carbonyl (C=O) groups excluding carboxylic acids is 1. The molecule has 0 bridgehead atoms. The standard InChI is InChI=1S/C34H38N4O7/c1-7-37(16-8-9-33(42)45-38-31(40)14-15-32(38)41)26-20-27(39)25(19-30(26)43-6)34-23-12-10-21(35(2)3)17-28(23)44-29-18-22(36(4)5)11-13-24(29)34/h10-15,17-20,40-41H,7-9,16H2,1-6H3/p+1. The molecule has 0 saturated carbocycles. The number of aromatic nitrogens is 1. The molecule has 1 aromatic heterocycles. The van der Waals surface area contributed by atoms with Crippen LogP contribution in [0.2, 0.25) is 0 Å². The van der Waals surface area contributed by atoms with Gasteiger partial charge in [0.2, 0.25) is 17.1 Å². The van der Waals surface area contributed by atoms with Gasteiger partial charge in [-0.25, -0.2) is 9.37 Å². The molecule has 2 aliphatic rings. The van der Waals surface area contributed by atoms with Crippen molar-refractivity contribution in [2.24, 2.45) is 0 Å². The molecule has 1 aliphatic heterocycles. The van der Waals surface area contributed by atoms with Gasteiger partial charge in [-0.3, -0.25) is 0 Å². The zero-order valence-electron chi connectivity index (χ0n) is 26.4. The number of phenolic OH excluding ortho intramolecular Hbond substituents is 1. The first-order valence-corrected chi connectivity index (χ1v) is 14.7. The van der Waals surface area contributed by atoms with E-state index >= 15 is 0 Å². The van der Waals surface area contributed by atoms with Crippen LogP contribution in [0, 0.1) is 0 Å². The predicted molar refractivity (Wildman–Crippen MR) is 174 cm³/mol. The van der Waals surface area contributed by atoms with Gasteiger partial charge in [-0.2, -0.15) is 0 Å². The molecule has 11 heteroatoms. The number of fused-ring (bicyclic) bond motifs is 2. The van der Waals surface area contributed by atoms with E-state index in [9.17, 15) is 20.1 Å². The van der Waals surface area contributed by atoms with Gasteiger partial charge in [0.1, 0.15) is 36.9 Å². The van der Waals surface area contributed by atoms with Crippen LogP contribution in [-0.2, 0) is 4.79 Å².